The fourth-order valence-electron chi connectivity index (χ4n) is 2.22. The Bertz CT molecular complexity index is 818. The molecule has 3 rings (SSSR count). The predicted octanol–water partition coefficient (Wildman–Crippen LogP) is 3.64. The molecule has 2 heterocycles. The molecule has 0 spiro atoms. The summed E-state index contributed by atoms with van der Waals surface area (Å²) >= 11 is 6.14. The summed E-state index contributed by atoms with van der Waals surface area (Å²) in [4.78, 5) is 20.1. The van der Waals surface area contributed by atoms with Gasteiger partial charge in [0.15, 0.2) is 11.7 Å². The van der Waals surface area contributed by atoms with E-state index in [9.17, 15) is 4.79 Å². The smallest absolute Gasteiger partial charge is 0.220 e. The molecule has 0 aliphatic carbocycles. The van der Waals surface area contributed by atoms with Crippen molar-refractivity contribution in [1.82, 2.24) is 15.3 Å². The number of nitrogens with one attached hydrogen (secondary N) is 1. The molecule has 0 aliphatic heterocycles. The van der Waals surface area contributed by atoms with Crippen LogP contribution < -0.4 is 5.32 Å². The third-order valence-corrected chi connectivity index (χ3v) is 3.83. The normalized spacial score (nSPS) is 10.5. The molecule has 1 aromatic carbocycles. The van der Waals surface area contributed by atoms with E-state index < -0.39 is 0 Å². The van der Waals surface area contributed by atoms with Crippen LogP contribution in [0.15, 0.2) is 59.4 Å². The van der Waals surface area contributed by atoms with Crippen molar-refractivity contribution in [3.05, 3.63) is 71.5 Å². The highest BCUT2D eigenvalue weighted by atomic mass is 35.5. The van der Waals surface area contributed by atoms with E-state index in [1.165, 1.54) is 0 Å². The van der Waals surface area contributed by atoms with E-state index in [4.69, 9.17) is 16.0 Å². The number of rotatable bonds is 6. The summed E-state index contributed by atoms with van der Waals surface area (Å²) < 4.78 is 5.68. The molecule has 0 atom stereocenters. The second-order valence-electron chi connectivity index (χ2n) is 5.23. The van der Waals surface area contributed by atoms with Gasteiger partial charge in [-0.3, -0.25) is 9.78 Å². The molecule has 1 amide bonds. The Kier molecular flexibility index (Phi) is 5.23. The van der Waals surface area contributed by atoms with Crippen LogP contribution in [0.4, 0.5) is 0 Å². The fraction of sp³-hybridized carbons (Fsp3) is 0.167. The van der Waals surface area contributed by atoms with Crippen LogP contribution in [0.1, 0.15) is 17.9 Å². The van der Waals surface area contributed by atoms with Gasteiger partial charge in [0.25, 0.3) is 0 Å². The second kappa shape index (κ2) is 7.75. The van der Waals surface area contributed by atoms with Gasteiger partial charge in [-0.1, -0.05) is 23.7 Å². The molecule has 0 saturated carbocycles. The Labute approximate surface area is 144 Å². The first-order valence-corrected chi connectivity index (χ1v) is 7.95. The van der Waals surface area contributed by atoms with Crippen molar-refractivity contribution in [3.8, 4) is 11.3 Å². The number of benzene rings is 1. The number of carbonyl (C=O) groups excluding carboxylic acids is 1. The summed E-state index contributed by atoms with van der Waals surface area (Å²) in [6, 6.07) is 11.1. The number of aromatic nitrogens is 2. The monoisotopic (exact) mass is 341 g/mol. The van der Waals surface area contributed by atoms with Crippen LogP contribution >= 0.6 is 11.6 Å². The zero-order valence-electron chi connectivity index (χ0n) is 12.9. The van der Waals surface area contributed by atoms with Gasteiger partial charge < -0.3 is 9.73 Å². The molecule has 6 heteroatoms. The van der Waals surface area contributed by atoms with Gasteiger partial charge in [0, 0.05) is 37.3 Å². The number of aryl methyl sites for hydroxylation is 1. The number of carbonyl (C=O) groups is 1. The maximum atomic E-state index is 11.9. The van der Waals surface area contributed by atoms with Gasteiger partial charge in [-0.15, -0.1) is 0 Å². The lowest BCUT2D eigenvalue weighted by Crippen LogP contribution is -2.23. The van der Waals surface area contributed by atoms with E-state index in [1.807, 2.05) is 30.3 Å². The number of amides is 1. The number of halogens is 1. The van der Waals surface area contributed by atoms with Crippen LogP contribution in [-0.2, 0) is 17.8 Å². The molecule has 0 saturated heterocycles. The molecule has 2 aromatic heterocycles. The van der Waals surface area contributed by atoms with E-state index in [0.717, 1.165) is 11.1 Å². The number of pyridine rings is 1. The average Bonchev–Trinajstić information content (AvgIpc) is 3.08. The molecule has 1 N–H and O–H groups in total. The van der Waals surface area contributed by atoms with Crippen LogP contribution in [0.5, 0.6) is 0 Å². The van der Waals surface area contributed by atoms with Gasteiger partial charge in [-0.05, 0) is 29.8 Å². The van der Waals surface area contributed by atoms with Gasteiger partial charge in [0.1, 0.15) is 0 Å². The Morgan fingerprint density at radius 2 is 1.96 bits per heavy atom. The van der Waals surface area contributed by atoms with Gasteiger partial charge in [-0.2, -0.15) is 0 Å². The lowest BCUT2D eigenvalue weighted by Gasteiger charge is -2.04. The van der Waals surface area contributed by atoms with E-state index in [1.54, 1.807) is 24.7 Å². The molecular formula is C18H16ClN3O2. The fourth-order valence-corrected chi connectivity index (χ4v) is 2.45. The summed E-state index contributed by atoms with van der Waals surface area (Å²) in [5, 5.41) is 3.47. The Morgan fingerprint density at radius 1 is 1.17 bits per heavy atom. The summed E-state index contributed by atoms with van der Waals surface area (Å²) in [6.07, 6.45) is 5.78. The Balaban J connectivity index is 1.52. The maximum absolute atomic E-state index is 11.9. The quantitative estimate of drug-likeness (QED) is 0.743. The minimum absolute atomic E-state index is 0.0516. The molecule has 5 nitrogen and oxygen atoms in total. The average molecular weight is 342 g/mol. The second-order valence-corrected chi connectivity index (χ2v) is 5.64. The molecule has 24 heavy (non-hydrogen) atoms. The van der Waals surface area contributed by atoms with Crippen LogP contribution in [0, 0.1) is 0 Å². The third-order valence-electron chi connectivity index (χ3n) is 3.50. The SMILES string of the molecule is O=C(CCc1ncc(-c2ccccc2Cl)o1)NCc1ccncc1. The van der Waals surface area contributed by atoms with Gasteiger partial charge in [0.2, 0.25) is 5.91 Å². The third kappa shape index (κ3) is 4.20. The Morgan fingerprint density at radius 3 is 2.75 bits per heavy atom. The molecule has 122 valence electrons. The zero-order chi connectivity index (χ0) is 16.8. The number of hydrogen-bond donors (Lipinski definition) is 1. The lowest BCUT2D eigenvalue weighted by atomic mass is 10.2. The zero-order valence-corrected chi connectivity index (χ0v) is 13.7. The first-order valence-electron chi connectivity index (χ1n) is 7.57. The maximum Gasteiger partial charge on any atom is 0.220 e. The van der Waals surface area contributed by atoms with Crippen molar-refractivity contribution in [2.75, 3.05) is 0 Å². The molecule has 0 radical (unpaired) electrons. The van der Waals surface area contributed by atoms with Crippen molar-refractivity contribution in [1.29, 1.82) is 0 Å². The van der Waals surface area contributed by atoms with Crippen LogP contribution in [0.3, 0.4) is 0 Å². The summed E-state index contributed by atoms with van der Waals surface area (Å²) in [5.74, 6) is 1.07. The number of nitrogens with zero attached hydrogens (tertiary/aromatic N) is 2. The minimum Gasteiger partial charge on any atom is -0.441 e. The van der Waals surface area contributed by atoms with Crippen molar-refractivity contribution >= 4 is 17.5 Å². The van der Waals surface area contributed by atoms with Gasteiger partial charge >= 0.3 is 0 Å². The van der Waals surface area contributed by atoms with Crippen molar-refractivity contribution in [2.45, 2.75) is 19.4 Å². The first-order chi connectivity index (χ1) is 11.7. The van der Waals surface area contributed by atoms with Crippen molar-refractivity contribution in [3.63, 3.8) is 0 Å². The standard InChI is InChI=1S/C18H16ClN3O2/c19-15-4-2-1-3-14(15)16-12-22-18(24-16)6-5-17(23)21-11-13-7-9-20-10-8-13/h1-4,7-10,12H,5-6,11H2,(H,21,23). The van der Waals surface area contributed by atoms with E-state index in [0.29, 0.717) is 36.1 Å². The van der Waals surface area contributed by atoms with Crippen molar-refractivity contribution in [2.24, 2.45) is 0 Å². The Hall–Kier alpha value is -2.66. The van der Waals surface area contributed by atoms with E-state index in [2.05, 4.69) is 15.3 Å². The molecule has 3 aromatic rings. The van der Waals surface area contributed by atoms with Crippen LogP contribution in [0.25, 0.3) is 11.3 Å². The summed E-state index contributed by atoms with van der Waals surface area (Å²) in [5.41, 5.74) is 1.80. The van der Waals surface area contributed by atoms with Gasteiger partial charge in [0.05, 0.1) is 11.2 Å². The predicted molar refractivity (Wildman–Crippen MR) is 91.4 cm³/mol. The first kappa shape index (κ1) is 16.2. The number of oxazole rings is 1. The van der Waals surface area contributed by atoms with Gasteiger partial charge in [-0.25, -0.2) is 4.98 Å². The van der Waals surface area contributed by atoms with Crippen molar-refractivity contribution < 1.29 is 9.21 Å². The topological polar surface area (TPSA) is 68.0 Å². The molecule has 0 unspecified atom stereocenters. The highest BCUT2D eigenvalue weighted by molar-refractivity contribution is 6.33. The van der Waals surface area contributed by atoms with E-state index >= 15 is 0 Å². The minimum atomic E-state index is -0.0516. The summed E-state index contributed by atoms with van der Waals surface area (Å²) in [6.45, 7) is 0.484. The number of hydrogen-bond acceptors (Lipinski definition) is 4. The molecule has 0 bridgehead atoms. The molecule has 0 aliphatic rings. The molecule has 0 fully saturated rings. The highest BCUT2D eigenvalue weighted by Crippen LogP contribution is 2.28. The van der Waals surface area contributed by atoms with Crippen LogP contribution in [0.2, 0.25) is 5.02 Å². The largest absolute Gasteiger partial charge is 0.441 e. The lowest BCUT2D eigenvalue weighted by molar-refractivity contribution is -0.121. The van der Waals surface area contributed by atoms with E-state index in [-0.39, 0.29) is 5.91 Å². The molecular weight excluding hydrogens is 326 g/mol. The summed E-state index contributed by atoms with van der Waals surface area (Å²) in [7, 11) is 0. The van der Waals surface area contributed by atoms with Crippen LogP contribution in [-0.4, -0.2) is 15.9 Å². The highest BCUT2D eigenvalue weighted by Gasteiger charge is 2.11.